The van der Waals surface area contributed by atoms with Crippen LogP contribution in [0.2, 0.25) is 0 Å². The van der Waals surface area contributed by atoms with E-state index in [0.29, 0.717) is 26.2 Å². The summed E-state index contributed by atoms with van der Waals surface area (Å²) in [6.45, 7) is 9.13. The summed E-state index contributed by atoms with van der Waals surface area (Å²) < 4.78 is 26.0. The van der Waals surface area contributed by atoms with E-state index in [2.05, 4.69) is 0 Å². The maximum absolute atomic E-state index is 13.4. The average Bonchev–Trinajstić information content (AvgIpc) is 3.06. The highest BCUT2D eigenvalue weighted by Crippen LogP contribution is 2.35. The van der Waals surface area contributed by atoms with E-state index in [1.54, 1.807) is 13.8 Å². The summed E-state index contributed by atoms with van der Waals surface area (Å²) in [5.41, 5.74) is -0.984. The van der Waals surface area contributed by atoms with Gasteiger partial charge in [-0.25, -0.2) is 9.69 Å². The number of carbonyl (C=O) groups excluding carboxylic acids is 5. The largest absolute Gasteiger partial charge is 0.451 e. The van der Waals surface area contributed by atoms with Crippen LogP contribution in [0.3, 0.4) is 0 Å². The quantitative estimate of drug-likeness (QED) is 0.164. The predicted molar refractivity (Wildman–Crippen MR) is 129 cm³/mol. The van der Waals surface area contributed by atoms with Crippen molar-refractivity contribution in [2.75, 3.05) is 40.1 Å². The second-order valence-electron chi connectivity index (χ2n) is 9.31. The van der Waals surface area contributed by atoms with E-state index in [1.807, 2.05) is 13.8 Å². The number of imide groups is 1. The number of ether oxygens (including phenoxy) is 5. The molecule has 1 aliphatic rings. The molecule has 12 heteroatoms. The Morgan fingerprint density at radius 1 is 1.05 bits per heavy atom. The molecular weight excluding hydrogens is 490 g/mol. The monoisotopic (exact) mass is 529 g/mol. The molecule has 1 saturated heterocycles. The molecule has 0 aromatic carbocycles. The minimum absolute atomic E-state index is 0.0708. The fourth-order valence-electron chi connectivity index (χ4n) is 4.11. The number of aliphatic hydroxyl groups is 1. The average molecular weight is 530 g/mol. The molecule has 1 aliphatic heterocycles. The third kappa shape index (κ3) is 9.95. The van der Waals surface area contributed by atoms with E-state index in [0.717, 1.165) is 31.1 Å². The summed E-state index contributed by atoms with van der Waals surface area (Å²) in [7, 11) is 1.15. The van der Waals surface area contributed by atoms with Crippen molar-refractivity contribution in [2.45, 2.75) is 71.3 Å². The van der Waals surface area contributed by atoms with Gasteiger partial charge in [0.15, 0.2) is 23.8 Å². The third-order valence-electron chi connectivity index (χ3n) is 5.51. The number of cyclic esters (lactones) is 1. The van der Waals surface area contributed by atoms with Gasteiger partial charge in [-0.1, -0.05) is 13.8 Å². The lowest BCUT2D eigenvalue weighted by molar-refractivity contribution is -0.166. The number of ketones is 2. The zero-order chi connectivity index (χ0) is 28.2. The van der Waals surface area contributed by atoms with Gasteiger partial charge in [0.2, 0.25) is 0 Å². The number of amides is 2. The summed E-state index contributed by atoms with van der Waals surface area (Å²) in [4.78, 5) is 63.6. The third-order valence-corrected chi connectivity index (χ3v) is 5.51. The summed E-state index contributed by atoms with van der Waals surface area (Å²) >= 11 is 0. The summed E-state index contributed by atoms with van der Waals surface area (Å²) in [5, 5.41) is 8.61. The molecule has 1 rings (SSSR count). The standard InChI is InChI=1S/C25H39NO11/c1-16(2)22-25(4,5)37-24(32)26(22)23(31)21(33-6)20(36-17(3)28)19(30)10-9-18(29)8-7-12-34-14-15-35-13-11-27/h9-10,16,20-22,27H,7-8,11-15H2,1-6H3. The molecule has 210 valence electrons. The van der Waals surface area contributed by atoms with Crippen LogP contribution in [0.4, 0.5) is 4.79 Å². The molecule has 1 N–H and O–H groups in total. The van der Waals surface area contributed by atoms with E-state index in [1.165, 1.54) is 0 Å². The molecule has 12 nitrogen and oxygen atoms in total. The molecule has 0 radical (unpaired) electrons. The first kappa shape index (κ1) is 32.4. The fourth-order valence-corrected chi connectivity index (χ4v) is 4.11. The summed E-state index contributed by atoms with van der Waals surface area (Å²) in [6, 6.07) is -0.654. The number of aliphatic hydroxyl groups excluding tert-OH is 1. The highest BCUT2D eigenvalue weighted by Gasteiger charge is 2.54. The van der Waals surface area contributed by atoms with Crippen molar-refractivity contribution in [1.29, 1.82) is 0 Å². The number of allylic oxidation sites excluding steroid dienone is 1. The van der Waals surface area contributed by atoms with Crippen LogP contribution >= 0.6 is 0 Å². The van der Waals surface area contributed by atoms with E-state index in [9.17, 15) is 24.0 Å². The number of rotatable bonds is 17. The number of methoxy groups -OCH3 is 1. The number of carbonyl (C=O) groups is 5. The van der Waals surface area contributed by atoms with Crippen LogP contribution in [0.5, 0.6) is 0 Å². The van der Waals surface area contributed by atoms with Gasteiger partial charge in [0.05, 0.1) is 32.5 Å². The van der Waals surface area contributed by atoms with E-state index in [-0.39, 0.29) is 31.3 Å². The van der Waals surface area contributed by atoms with Gasteiger partial charge in [0.1, 0.15) is 5.60 Å². The molecule has 0 aliphatic carbocycles. The van der Waals surface area contributed by atoms with E-state index in [4.69, 9.17) is 28.8 Å². The van der Waals surface area contributed by atoms with Crippen LogP contribution in [0.25, 0.3) is 0 Å². The number of hydrogen-bond acceptors (Lipinski definition) is 11. The van der Waals surface area contributed by atoms with Crippen LogP contribution in [-0.2, 0) is 42.9 Å². The first-order valence-electron chi connectivity index (χ1n) is 12.1. The van der Waals surface area contributed by atoms with Crippen molar-refractivity contribution in [3.8, 4) is 0 Å². The number of nitrogens with zero attached hydrogens (tertiary/aromatic N) is 1. The number of esters is 1. The van der Waals surface area contributed by atoms with Gasteiger partial charge >= 0.3 is 12.1 Å². The molecule has 1 fully saturated rings. The molecular formula is C25H39NO11. The van der Waals surface area contributed by atoms with Crippen LogP contribution in [0, 0.1) is 5.92 Å². The molecule has 1 heterocycles. The van der Waals surface area contributed by atoms with Gasteiger partial charge in [-0.05, 0) is 38.3 Å². The fraction of sp³-hybridized carbons (Fsp3) is 0.720. The van der Waals surface area contributed by atoms with Gasteiger partial charge in [0, 0.05) is 27.1 Å². The van der Waals surface area contributed by atoms with Crippen LogP contribution < -0.4 is 0 Å². The van der Waals surface area contributed by atoms with E-state index >= 15 is 0 Å². The molecule has 2 amide bonds. The molecule has 0 saturated carbocycles. The first-order chi connectivity index (χ1) is 17.4. The maximum Gasteiger partial charge on any atom is 0.417 e. The minimum atomic E-state index is -1.72. The highest BCUT2D eigenvalue weighted by atomic mass is 16.6. The minimum Gasteiger partial charge on any atom is -0.451 e. The van der Waals surface area contributed by atoms with Crippen LogP contribution in [0.1, 0.15) is 47.5 Å². The van der Waals surface area contributed by atoms with Gasteiger partial charge < -0.3 is 28.8 Å². The first-order valence-corrected chi connectivity index (χ1v) is 12.1. The lowest BCUT2D eigenvalue weighted by Gasteiger charge is -2.33. The van der Waals surface area contributed by atoms with Crippen LogP contribution in [0.15, 0.2) is 12.2 Å². The van der Waals surface area contributed by atoms with E-state index < -0.39 is 47.6 Å². The Labute approximate surface area is 217 Å². The Bertz CT molecular complexity index is 836. The Balaban J connectivity index is 2.86. The second kappa shape index (κ2) is 15.6. The Morgan fingerprint density at radius 3 is 2.22 bits per heavy atom. The second-order valence-corrected chi connectivity index (χ2v) is 9.31. The zero-order valence-corrected chi connectivity index (χ0v) is 22.4. The summed E-state index contributed by atoms with van der Waals surface area (Å²) in [5.74, 6) is -3.15. The van der Waals surface area contributed by atoms with Gasteiger partial charge in [-0.2, -0.15) is 0 Å². The van der Waals surface area contributed by atoms with Crippen molar-refractivity contribution in [2.24, 2.45) is 5.92 Å². The van der Waals surface area contributed by atoms with Gasteiger partial charge in [0.25, 0.3) is 5.91 Å². The van der Waals surface area contributed by atoms with Crippen molar-refractivity contribution in [3.05, 3.63) is 12.2 Å². The molecule has 3 unspecified atom stereocenters. The molecule has 0 bridgehead atoms. The highest BCUT2D eigenvalue weighted by molar-refractivity contribution is 6.05. The Kier molecular flexibility index (Phi) is 13.6. The van der Waals surface area contributed by atoms with Gasteiger partial charge in [-0.3, -0.25) is 19.2 Å². The normalized spacial score (nSPS) is 18.6. The van der Waals surface area contributed by atoms with Crippen LogP contribution in [-0.4, -0.2) is 104 Å². The van der Waals surface area contributed by atoms with Gasteiger partial charge in [-0.15, -0.1) is 0 Å². The summed E-state index contributed by atoms with van der Waals surface area (Å²) in [6.07, 6.45) is -1.80. The Morgan fingerprint density at radius 2 is 1.68 bits per heavy atom. The smallest absolute Gasteiger partial charge is 0.417 e. The van der Waals surface area contributed by atoms with Crippen molar-refractivity contribution >= 4 is 29.5 Å². The van der Waals surface area contributed by atoms with Crippen molar-refractivity contribution in [3.63, 3.8) is 0 Å². The maximum atomic E-state index is 13.4. The molecule has 0 aromatic heterocycles. The number of hydrogen-bond donors (Lipinski definition) is 1. The predicted octanol–water partition coefficient (Wildman–Crippen LogP) is 1.22. The SMILES string of the molecule is COC(C(=O)N1C(=O)OC(C)(C)C1C(C)C)C(OC(C)=O)C(=O)C=CC(=O)CCCOCCOCCO. The topological polar surface area (TPSA) is 155 Å². The zero-order valence-electron chi connectivity index (χ0n) is 22.4. The molecule has 0 spiro atoms. The Hall–Kier alpha value is -2.67. The lowest BCUT2D eigenvalue weighted by Crippen LogP contribution is -2.55. The molecule has 0 aromatic rings. The molecule has 3 atom stereocenters. The lowest BCUT2D eigenvalue weighted by atomic mass is 9.88. The van der Waals surface area contributed by atoms with Crippen molar-refractivity contribution < 1.29 is 52.8 Å². The van der Waals surface area contributed by atoms with Crippen molar-refractivity contribution in [1.82, 2.24) is 4.90 Å². The molecule has 37 heavy (non-hydrogen) atoms.